The van der Waals surface area contributed by atoms with Crippen LogP contribution < -0.4 is 5.32 Å². The van der Waals surface area contributed by atoms with E-state index in [9.17, 15) is 0 Å². The predicted molar refractivity (Wildman–Crippen MR) is 66.5 cm³/mol. The Hall–Kier alpha value is -1.12. The molecule has 1 aromatic rings. The fourth-order valence-corrected chi connectivity index (χ4v) is 2.57. The van der Waals surface area contributed by atoms with E-state index in [1.807, 2.05) is 19.9 Å². The zero-order valence-electron chi connectivity index (χ0n) is 10.5. The minimum Gasteiger partial charge on any atom is -0.351 e. The van der Waals surface area contributed by atoms with E-state index >= 15 is 0 Å². The van der Waals surface area contributed by atoms with Crippen molar-refractivity contribution >= 4 is 5.95 Å². The highest BCUT2D eigenvalue weighted by molar-refractivity contribution is 5.29. The van der Waals surface area contributed by atoms with Crippen LogP contribution >= 0.6 is 0 Å². The van der Waals surface area contributed by atoms with Crippen LogP contribution in [0.25, 0.3) is 0 Å². The highest BCUT2D eigenvalue weighted by Crippen LogP contribution is 2.28. The molecule has 0 saturated heterocycles. The molecule has 1 aliphatic rings. The second kappa shape index (κ2) is 4.81. The summed E-state index contributed by atoms with van der Waals surface area (Å²) < 4.78 is 0. The second-order valence-electron chi connectivity index (χ2n) is 4.95. The lowest BCUT2D eigenvalue weighted by Crippen LogP contribution is -2.25. The molecule has 0 spiro atoms. The van der Waals surface area contributed by atoms with Crippen LogP contribution in [0.4, 0.5) is 5.95 Å². The van der Waals surface area contributed by atoms with E-state index in [1.165, 1.54) is 25.7 Å². The third-order valence-electron chi connectivity index (χ3n) is 3.45. The largest absolute Gasteiger partial charge is 0.351 e. The first-order valence-electron chi connectivity index (χ1n) is 6.24. The summed E-state index contributed by atoms with van der Waals surface area (Å²) in [5.74, 6) is 1.58. The Labute approximate surface area is 97.7 Å². The van der Waals surface area contributed by atoms with Gasteiger partial charge in [0.05, 0.1) is 0 Å². The minimum absolute atomic E-state index is 0.490. The van der Waals surface area contributed by atoms with E-state index in [1.54, 1.807) is 0 Å². The number of nitrogens with zero attached hydrogens (tertiary/aromatic N) is 2. The lowest BCUT2D eigenvalue weighted by molar-refractivity contribution is 0.479. The minimum atomic E-state index is 0.490. The Morgan fingerprint density at radius 1 is 1.19 bits per heavy atom. The van der Waals surface area contributed by atoms with Crippen LogP contribution in [-0.2, 0) is 0 Å². The zero-order valence-corrected chi connectivity index (χ0v) is 10.5. The van der Waals surface area contributed by atoms with Crippen LogP contribution in [0.1, 0.15) is 44.0 Å². The highest BCUT2D eigenvalue weighted by atomic mass is 15.1. The van der Waals surface area contributed by atoms with E-state index in [0.29, 0.717) is 6.04 Å². The number of nitrogens with one attached hydrogen (secondary N) is 1. The van der Waals surface area contributed by atoms with E-state index in [4.69, 9.17) is 0 Å². The molecule has 0 aliphatic heterocycles. The molecular weight excluding hydrogens is 198 g/mol. The predicted octanol–water partition coefficient (Wildman–Crippen LogP) is 3.08. The fraction of sp³-hybridized carbons (Fsp3) is 0.692. The van der Waals surface area contributed by atoms with Crippen molar-refractivity contribution in [2.45, 2.75) is 52.5 Å². The summed E-state index contributed by atoms with van der Waals surface area (Å²) >= 11 is 0. The first-order valence-corrected chi connectivity index (χ1v) is 6.24. The van der Waals surface area contributed by atoms with Crippen molar-refractivity contribution in [1.82, 2.24) is 9.97 Å². The third-order valence-corrected chi connectivity index (χ3v) is 3.45. The maximum atomic E-state index is 4.42. The summed E-state index contributed by atoms with van der Waals surface area (Å²) in [7, 11) is 0. The number of aromatic nitrogens is 2. The molecule has 16 heavy (non-hydrogen) atoms. The lowest BCUT2D eigenvalue weighted by Gasteiger charge is -2.20. The Bertz CT molecular complexity index is 336. The molecule has 0 aromatic carbocycles. The molecule has 1 atom stereocenters. The molecule has 0 radical (unpaired) electrons. The van der Waals surface area contributed by atoms with Crippen LogP contribution in [0.15, 0.2) is 6.07 Å². The van der Waals surface area contributed by atoms with Crippen LogP contribution in [-0.4, -0.2) is 16.0 Å². The summed E-state index contributed by atoms with van der Waals surface area (Å²) in [6.45, 7) is 6.28. The Morgan fingerprint density at radius 3 is 2.31 bits per heavy atom. The fourth-order valence-electron chi connectivity index (χ4n) is 2.57. The normalized spacial score (nSPS) is 18.7. The molecular formula is C13H21N3. The van der Waals surface area contributed by atoms with Gasteiger partial charge in [0.1, 0.15) is 0 Å². The summed E-state index contributed by atoms with van der Waals surface area (Å²) in [5, 5.41) is 3.44. The summed E-state index contributed by atoms with van der Waals surface area (Å²) in [6.07, 6.45) is 5.45. The molecule has 1 unspecified atom stereocenters. The van der Waals surface area contributed by atoms with Crippen molar-refractivity contribution in [1.29, 1.82) is 0 Å². The molecule has 1 N–H and O–H groups in total. The average Bonchev–Trinajstić information content (AvgIpc) is 2.68. The molecule has 1 saturated carbocycles. The average molecular weight is 219 g/mol. The zero-order chi connectivity index (χ0) is 11.5. The van der Waals surface area contributed by atoms with Gasteiger partial charge in [0, 0.05) is 17.4 Å². The van der Waals surface area contributed by atoms with Crippen LogP contribution in [0, 0.1) is 19.8 Å². The van der Waals surface area contributed by atoms with Gasteiger partial charge in [-0.3, -0.25) is 0 Å². The van der Waals surface area contributed by atoms with Crippen LogP contribution in [0.5, 0.6) is 0 Å². The first kappa shape index (κ1) is 11.4. The maximum absolute atomic E-state index is 4.42. The molecule has 3 heteroatoms. The number of anilines is 1. The van der Waals surface area contributed by atoms with Gasteiger partial charge in [-0.15, -0.1) is 0 Å². The summed E-state index contributed by atoms with van der Waals surface area (Å²) in [4.78, 5) is 8.85. The molecule has 1 aliphatic carbocycles. The number of hydrogen-bond acceptors (Lipinski definition) is 3. The molecule has 1 heterocycles. The van der Waals surface area contributed by atoms with Crippen molar-refractivity contribution in [3.8, 4) is 0 Å². The SMILES string of the molecule is Cc1cc(C)nc(NC(C)C2CCCC2)n1. The van der Waals surface area contributed by atoms with Gasteiger partial charge >= 0.3 is 0 Å². The third kappa shape index (κ3) is 2.71. The quantitative estimate of drug-likeness (QED) is 0.849. The van der Waals surface area contributed by atoms with Gasteiger partial charge in [-0.1, -0.05) is 12.8 Å². The van der Waals surface area contributed by atoms with Crippen molar-refractivity contribution in [3.05, 3.63) is 17.5 Å². The molecule has 3 nitrogen and oxygen atoms in total. The van der Waals surface area contributed by atoms with E-state index in [-0.39, 0.29) is 0 Å². The molecule has 0 amide bonds. The monoisotopic (exact) mass is 219 g/mol. The molecule has 0 bridgehead atoms. The topological polar surface area (TPSA) is 37.8 Å². The maximum Gasteiger partial charge on any atom is 0.223 e. The van der Waals surface area contributed by atoms with Gasteiger partial charge in [-0.2, -0.15) is 0 Å². The van der Waals surface area contributed by atoms with Gasteiger partial charge in [0.2, 0.25) is 5.95 Å². The van der Waals surface area contributed by atoms with Crippen LogP contribution in [0.3, 0.4) is 0 Å². The van der Waals surface area contributed by atoms with Crippen molar-refractivity contribution in [2.75, 3.05) is 5.32 Å². The van der Waals surface area contributed by atoms with E-state index < -0.39 is 0 Å². The Balaban J connectivity index is 2.02. The summed E-state index contributed by atoms with van der Waals surface area (Å²) in [5.41, 5.74) is 2.07. The van der Waals surface area contributed by atoms with Gasteiger partial charge < -0.3 is 5.32 Å². The molecule has 1 fully saturated rings. The number of hydrogen-bond donors (Lipinski definition) is 1. The molecule has 1 aromatic heterocycles. The number of rotatable bonds is 3. The van der Waals surface area contributed by atoms with E-state index in [2.05, 4.69) is 22.2 Å². The smallest absolute Gasteiger partial charge is 0.223 e. The van der Waals surface area contributed by atoms with Crippen molar-refractivity contribution in [2.24, 2.45) is 5.92 Å². The number of aryl methyl sites for hydroxylation is 2. The first-order chi connectivity index (χ1) is 7.65. The highest BCUT2D eigenvalue weighted by Gasteiger charge is 2.21. The standard InChI is InChI=1S/C13H21N3/c1-9-8-10(2)15-13(14-9)16-11(3)12-6-4-5-7-12/h8,11-12H,4-7H2,1-3H3,(H,14,15,16). The van der Waals surface area contributed by atoms with Crippen LogP contribution in [0.2, 0.25) is 0 Å². The second-order valence-corrected chi connectivity index (χ2v) is 4.95. The molecule has 2 rings (SSSR count). The molecule has 88 valence electrons. The van der Waals surface area contributed by atoms with Crippen molar-refractivity contribution in [3.63, 3.8) is 0 Å². The Morgan fingerprint density at radius 2 is 1.75 bits per heavy atom. The van der Waals surface area contributed by atoms with Gasteiger partial charge in [0.25, 0.3) is 0 Å². The van der Waals surface area contributed by atoms with E-state index in [0.717, 1.165) is 23.3 Å². The summed E-state index contributed by atoms with van der Waals surface area (Å²) in [6, 6.07) is 2.49. The van der Waals surface area contributed by atoms with Gasteiger partial charge in [-0.25, -0.2) is 9.97 Å². The van der Waals surface area contributed by atoms with Gasteiger partial charge in [0.15, 0.2) is 0 Å². The van der Waals surface area contributed by atoms with Gasteiger partial charge in [-0.05, 0) is 45.6 Å². The van der Waals surface area contributed by atoms with Crippen molar-refractivity contribution < 1.29 is 0 Å². The Kier molecular flexibility index (Phi) is 3.42. The lowest BCUT2D eigenvalue weighted by atomic mass is 10.0.